The van der Waals surface area contributed by atoms with Crippen molar-refractivity contribution in [2.75, 3.05) is 23.7 Å². The number of piperidine rings is 1. The van der Waals surface area contributed by atoms with E-state index in [1.807, 2.05) is 0 Å². The number of aryl methyl sites for hydroxylation is 2. The zero-order chi connectivity index (χ0) is 11.7. The Hall–Kier alpha value is -1.18. The molecule has 0 bridgehead atoms. The van der Waals surface area contributed by atoms with Crippen LogP contribution in [0.5, 0.6) is 0 Å². The van der Waals surface area contributed by atoms with Crippen molar-refractivity contribution in [3.63, 3.8) is 0 Å². The average molecular weight is 218 g/mol. The quantitative estimate of drug-likeness (QED) is 0.733. The zero-order valence-electron chi connectivity index (χ0n) is 10.6. The molecule has 1 aliphatic heterocycles. The summed E-state index contributed by atoms with van der Waals surface area (Å²) in [6, 6.07) is 2.21. The lowest BCUT2D eigenvalue weighted by atomic mass is 9.99. The summed E-state index contributed by atoms with van der Waals surface area (Å²) >= 11 is 0. The predicted molar refractivity (Wildman–Crippen MR) is 71.1 cm³/mol. The largest absolute Gasteiger partial charge is 0.398 e. The molecule has 88 valence electrons. The van der Waals surface area contributed by atoms with Gasteiger partial charge in [0.25, 0.3) is 0 Å². The first kappa shape index (κ1) is 11.3. The van der Waals surface area contributed by atoms with Crippen LogP contribution in [0, 0.1) is 20.8 Å². The highest BCUT2D eigenvalue weighted by molar-refractivity contribution is 5.71. The lowest BCUT2D eigenvalue weighted by Crippen LogP contribution is -2.30. The molecule has 0 radical (unpaired) electrons. The van der Waals surface area contributed by atoms with Crippen LogP contribution in [-0.2, 0) is 0 Å². The van der Waals surface area contributed by atoms with E-state index in [9.17, 15) is 0 Å². The number of rotatable bonds is 1. The van der Waals surface area contributed by atoms with Gasteiger partial charge in [0.15, 0.2) is 0 Å². The summed E-state index contributed by atoms with van der Waals surface area (Å²) in [7, 11) is 0. The Labute approximate surface area is 98.4 Å². The van der Waals surface area contributed by atoms with Gasteiger partial charge in [0.2, 0.25) is 0 Å². The molecule has 2 N–H and O–H groups in total. The summed E-state index contributed by atoms with van der Waals surface area (Å²) in [4.78, 5) is 2.50. The number of benzene rings is 1. The molecule has 0 aromatic heterocycles. The van der Waals surface area contributed by atoms with Crippen molar-refractivity contribution in [3.05, 3.63) is 22.8 Å². The summed E-state index contributed by atoms with van der Waals surface area (Å²) < 4.78 is 0. The smallest absolute Gasteiger partial charge is 0.0446 e. The van der Waals surface area contributed by atoms with E-state index < -0.39 is 0 Å². The molecule has 1 aliphatic rings. The van der Waals surface area contributed by atoms with Gasteiger partial charge in [-0.15, -0.1) is 0 Å². The fourth-order valence-electron chi connectivity index (χ4n) is 2.79. The van der Waals surface area contributed by atoms with E-state index >= 15 is 0 Å². The lowest BCUT2D eigenvalue weighted by molar-refractivity contribution is 0.576. The van der Waals surface area contributed by atoms with E-state index in [1.54, 1.807) is 0 Å². The molecule has 0 spiro atoms. The topological polar surface area (TPSA) is 29.3 Å². The van der Waals surface area contributed by atoms with Crippen LogP contribution in [0.25, 0.3) is 0 Å². The third-order valence-corrected chi connectivity index (χ3v) is 3.66. The molecule has 0 unspecified atom stereocenters. The third-order valence-electron chi connectivity index (χ3n) is 3.66. The molecule has 2 heteroatoms. The Balaban J connectivity index is 2.42. The minimum Gasteiger partial charge on any atom is -0.398 e. The predicted octanol–water partition coefficient (Wildman–Crippen LogP) is 3.18. The molecule has 0 atom stereocenters. The summed E-state index contributed by atoms with van der Waals surface area (Å²) in [5.74, 6) is 0. The van der Waals surface area contributed by atoms with E-state index in [1.165, 1.54) is 54.7 Å². The molecule has 1 aromatic rings. The summed E-state index contributed by atoms with van der Waals surface area (Å²) in [6.07, 6.45) is 4.00. The molecule has 0 amide bonds. The molecule has 1 saturated heterocycles. The van der Waals surface area contributed by atoms with Crippen molar-refractivity contribution in [2.45, 2.75) is 40.0 Å². The van der Waals surface area contributed by atoms with Crippen LogP contribution in [0.1, 0.15) is 36.0 Å². The number of hydrogen-bond acceptors (Lipinski definition) is 2. The van der Waals surface area contributed by atoms with Gasteiger partial charge in [0, 0.05) is 24.5 Å². The van der Waals surface area contributed by atoms with Crippen LogP contribution >= 0.6 is 0 Å². The van der Waals surface area contributed by atoms with Crippen molar-refractivity contribution in [3.8, 4) is 0 Å². The summed E-state index contributed by atoms with van der Waals surface area (Å²) in [5.41, 5.74) is 12.3. The number of anilines is 2. The van der Waals surface area contributed by atoms with Gasteiger partial charge in [-0.05, 0) is 56.7 Å². The van der Waals surface area contributed by atoms with Gasteiger partial charge >= 0.3 is 0 Å². The van der Waals surface area contributed by atoms with Crippen molar-refractivity contribution >= 4 is 11.4 Å². The standard InChI is InChI=1S/C14H22N2/c1-10-9-11(2)14(12(3)13(10)15)16-7-5-4-6-8-16/h9H,4-8,15H2,1-3H3. The van der Waals surface area contributed by atoms with E-state index in [-0.39, 0.29) is 0 Å². The number of nitrogens with zero attached hydrogens (tertiary/aromatic N) is 1. The van der Waals surface area contributed by atoms with Crippen LogP contribution in [0.2, 0.25) is 0 Å². The average Bonchev–Trinajstić information content (AvgIpc) is 2.28. The van der Waals surface area contributed by atoms with E-state index in [0.717, 1.165) is 5.69 Å². The summed E-state index contributed by atoms with van der Waals surface area (Å²) in [6.45, 7) is 8.81. The Kier molecular flexibility index (Phi) is 3.08. The minimum atomic E-state index is 0.964. The molecular weight excluding hydrogens is 196 g/mol. The Morgan fingerprint density at radius 2 is 1.62 bits per heavy atom. The normalized spacial score (nSPS) is 16.6. The van der Waals surface area contributed by atoms with Gasteiger partial charge in [-0.3, -0.25) is 0 Å². The van der Waals surface area contributed by atoms with Crippen LogP contribution in [0.4, 0.5) is 11.4 Å². The zero-order valence-corrected chi connectivity index (χ0v) is 10.6. The van der Waals surface area contributed by atoms with Crippen molar-refractivity contribution < 1.29 is 0 Å². The van der Waals surface area contributed by atoms with Gasteiger partial charge in [-0.25, -0.2) is 0 Å². The molecule has 2 nitrogen and oxygen atoms in total. The second kappa shape index (κ2) is 4.36. The van der Waals surface area contributed by atoms with Gasteiger partial charge < -0.3 is 10.6 Å². The fraction of sp³-hybridized carbons (Fsp3) is 0.571. The Morgan fingerprint density at radius 1 is 1.00 bits per heavy atom. The van der Waals surface area contributed by atoms with Crippen molar-refractivity contribution in [2.24, 2.45) is 0 Å². The molecule has 2 rings (SSSR count). The second-order valence-electron chi connectivity index (χ2n) is 4.95. The SMILES string of the molecule is Cc1cc(C)c(N2CCCCC2)c(C)c1N. The van der Waals surface area contributed by atoms with Gasteiger partial charge in [-0.2, -0.15) is 0 Å². The highest BCUT2D eigenvalue weighted by Crippen LogP contribution is 2.33. The van der Waals surface area contributed by atoms with Crippen molar-refractivity contribution in [1.82, 2.24) is 0 Å². The Morgan fingerprint density at radius 3 is 2.25 bits per heavy atom. The molecule has 1 heterocycles. The molecule has 1 aromatic carbocycles. The van der Waals surface area contributed by atoms with Crippen LogP contribution in [0.15, 0.2) is 6.07 Å². The maximum atomic E-state index is 6.13. The number of nitrogens with two attached hydrogens (primary N) is 1. The highest BCUT2D eigenvalue weighted by Gasteiger charge is 2.17. The lowest BCUT2D eigenvalue weighted by Gasteiger charge is -2.32. The third kappa shape index (κ3) is 1.89. The summed E-state index contributed by atoms with van der Waals surface area (Å²) in [5, 5.41) is 0. The molecule has 1 fully saturated rings. The van der Waals surface area contributed by atoms with Crippen molar-refractivity contribution in [1.29, 1.82) is 0 Å². The van der Waals surface area contributed by atoms with Crippen LogP contribution in [-0.4, -0.2) is 13.1 Å². The Bertz CT molecular complexity index is 390. The first-order valence-electron chi connectivity index (χ1n) is 6.22. The number of nitrogen functional groups attached to an aromatic ring is 1. The molecule has 0 aliphatic carbocycles. The minimum absolute atomic E-state index is 0.964. The fourth-order valence-corrected chi connectivity index (χ4v) is 2.79. The second-order valence-corrected chi connectivity index (χ2v) is 4.95. The molecule has 16 heavy (non-hydrogen) atoms. The number of hydrogen-bond donors (Lipinski definition) is 1. The first-order chi connectivity index (χ1) is 7.61. The highest BCUT2D eigenvalue weighted by atomic mass is 15.1. The maximum Gasteiger partial charge on any atom is 0.0446 e. The molecular formula is C14H22N2. The molecule has 0 saturated carbocycles. The van der Waals surface area contributed by atoms with Gasteiger partial charge in [0.1, 0.15) is 0 Å². The maximum absolute atomic E-state index is 6.13. The van der Waals surface area contributed by atoms with E-state index in [0.29, 0.717) is 0 Å². The van der Waals surface area contributed by atoms with E-state index in [2.05, 4.69) is 31.7 Å². The van der Waals surface area contributed by atoms with Gasteiger partial charge in [0.05, 0.1) is 0 Å². The van der Waals surface area contributed by atoms with Crippen LogP contribution in [0.3, 0.4) is 0 Å². The van der Waals surface area contributed by atoms with Crippen LogP contribution < -0.4 is 10.6 Å². The van der Waals surface area contributed by atoms with Gasteiger partial charge in [-0.1, -0.05) is 6.07 Å². The first-order valence-corrected chi connectivity index (χ1v) is 6.22. The van der Waals surface area contributed by atoms with E-state index in [4.69, 9.17) is 5.73 Å². The monoisotopic (exact) mass is 218 g/mol.